The fourth-order valence-electron chi connectivity index (χ4n) is 3.06. The van der Waals surface area contributed by atoms with Gasteiger partial charge >= 0.3 is 0 Å². The summed E-state index contributed by atoms with van der Waals surface area (Å²) in [5.74, 6) is 0.644. The summed E-state index contributed by atoms with van der Waals surface area (Å²) in [6.45, 7) is 7.36. The second-order valence-electron chi connectivity index (χ2n) is 5.52. The van der Waals surface area contributed by atoms with E-state index in [1.165, 1.54) is 32.1 Å². The van der Waals surface area contributed by atoms with Crippen molar-refractivity contribution in [2.45, 2.75) is 64.2 Å². The van der Waals surface area contributed by atoms with Gasteiger partial charge in [0.15, 0.2) is 0 Å². The van der Waals surface area contributed by atoms with Crippen LogP contribution < -0.4 is 5.32 Å². The molecule has 0 aliphatic carbocycles. The summed E-state index contributed by atoms with van der Waals surface area (Å²) in [6.07, 6.45) is 6.94. The largest absolute Gasteiger partial charge is 0.381 e. The van der Waals surface area contributed by atoms with E-state index in [1.807, 2.05) is 0 Å². The molecule has 17 heavy (non-hydrogen) atoms. The van der Waals surface area contributed by atoms with Crippen molar-refractivity contribution in [2.24, 2.45) is 5.92 Å². The van der Waals surface area contributed by atoms with Crippen molar-refractivity contribution < 1.29 is 9.47 Å². The smallest absolute Gasteiger partial charge is 0.0736 e. The van der Waals surface area contributed by atoms with Crippen LogP contribution in [0.1, 0.15) is 46.0 Å². The minimum atomic E-state index is 0.406. The SMILES string of the molecule is CCCNC(C1CCCOC1)C1CCC(C)O1. The van der Waals surface area contributed by atoms with Crippen LogP contribution >= 0.6 is 0 Å². The number of ether oxygens (including phenoxy) is 2. The van der Waals surface area contributed by atoms with E-state index < -0.39 is 0 Å². The van der Waals surface area contributed by atoms with E-state index in [1.54, 1.807) is 0 Å². The third kappa shape index (κ3) is 3.67. The molecule has 1 N–H and O–H groups in total. The van der Waals surface area contributed by atoms with E-state index >= 15 is 0 Å². The molecule has 4 unspecified atom stereocenters. The Hall–Kier alpha value is -0.120. The summed E-state index contributed by atoms with van der Waals surface area (Å²) in [5, 5.41) is 3.70. The first-order valence-corrected chi connectivity index (χ1v) is 7.28. The maximum Gasteiger partial charge on any atom is 0.0736 e. The molecule has 4 atom stereocenters. The lowest BCUT2D eigenvalue weighted by molar-refractivity contribution is -0.0205. The third-order valence-electron chi connectivity index (χ3n) is 4.00. The molecule has 2 saturated heterocycles. The number of hydrogen-bond donors (Lipinski definition) is 1. The molecule has 2 aliphatic rings. The zero-order valence-corrected chi connectivity index (χ0v) is 11.3. The van der Waals surface area contributed by atoms with Crippen molar-refractivity contribution in [2.75, 3.05) is 19.8 Å². The lowest BCUT2D eigenvalue weighted by Gasteiger charge is -2.34. The lowest BCUT2D eigenvalue weighted by atomic mass is 9.89. The molecule has 2 aliphatic heterocycles. The van der Waals surface area contributed by atoms with E-state index in [2.05, 4.69) is 19.2 Å². The summed E-state index contributed by atoms with van der Waals surface area (Å²) < 4.78 is 11.7. The molecule has 2 rings (SSSR count). The van der Waals surface area contributed by atoms with Gasteiger partial charge in [0.2, 0.25) is 0 Å². The van der Waals surface area contributed by atoms with Crippen molar-refractivity contribution in [3.63, 3.8) is 0 Å². The van der Waals surface area contributed by atoms with Crippen LogP contribution in [0, 0.1) is 5.92 Å². The molecular formula is C14H27NO2. The van der Waals surface area contributed by atoms with E-state index in [9.17, 15) is 0 Å². The second-order valence-corrected chi connectivity index (χ2v) is 5.52. The molecule has 0 amide bonds. The molecule has 3 heteroatoms. The van der Waals surface area contributed by atoms with Crippen LogP contribution in [-0.4, -0.2) is 38.0 Å². The number of rotatable bonds is 5. The van der Waals surface area contributed by atoms with E-state index in [4.69, 9.17) is 9.47 Å². The standard InChI is InChI=1S/C14H27NO2/c1-3-8-15-14(12-5-4-9-16-10-12)13-7-6-11(2)17-13/h11-15H,3-10H2,1-2H3. The predicted molar refractivity (Wildman–Crippen MR) is 69.2 cm³/mol. The maximum absolute atomic E-state index is 6.06. The van der Waals surface area contributed by atoms with Gasteiger partial charge in [0.25, 0.3) is 0 Å². The summed E-state index contributed by atoms with van der Waals surface area (Å²) in [5.41, 5.74) is 0. The Morgan fingerprint density at radius 1 is 1.29 bits per heavy atom. The zero-order valence-electron chi connectivity index (χ0n) is 11.3. The highest BCUT2D eigenvalue weighted by Crippen LogP contribution is 2.28. The second kappa shape index (κ2) is 6.72. The molecule has 2 heterocycles. The summed E-state index contributed by atoms with van der Waals surface area (Å²) in [6, 6.07) is 0.500. The van der Waals surface area contributed by atoms with Gasteiger partial charge in [-0.3, -0.25) is 0 Å². The first kappa shape index (κ1) is 13.3. The van der Waals surface area contributed by atoms with E-state index in [-0.39, 0.29) is 0 Å². The average molecular weight is 241 g/mol. The minimum absolute atomic E-state index is 0.406. The number of hydrogen-bond acceptors (Lipinski definition) is 3. The molecule has 0 saturated carbocycles. The van der Waals surface area contributed by atoms with Crippen LogP contribution in [0.3, 0.4) is 0 Å². The van der Waals surface area contributed by atoms with Crippen molar-refractivity contribution in [1.29, 1.82) is 0 Å². The van der Waals surface area contributed by atoms with Crippen LogP contribution in [0.25, 0.3) is 0 Å². The Morgan fingerprint density at radius 3 is 2.76 bits per heavy atom. The van der Waals surface area contributed by atoms with E-state index in [0.717, 1.165) is 19.8 Å². The van der Waals surface area contributed by atoms with Crippen molar-refractivity contribution in [1.82, 2.24) is 5.32 Å². The van der Waals surface area contributed by atoms with Gasteiger partial charge < -0.3 is 14.8 Å². The Bertz CT molecular complexity index is 212. The Labute approximate surface area is 105 Å². The Morgan fingerprint density at radius 2 is 2.18 bits per heavy atom. The highest BCUT2D eigenvalue weighted by Gasteiger charge is 2.35. The topological polar surface area (TPSA) is 30.5 Å². The normalized spacial score (nSPS) is 36.0. The quantitative estimate of drug-likeness (QED) is 0.801. The van der Waals surface area contributed by atoms with Crippen LogP contribution in [0.4, 0.5) is 0 Å². The molecule has 0 aromatic heterocycles. The fraction of sp³-hybridized carbons (Fsp3) is 1.00. The molecule has 100 valence electrons. The predicted octanol–water partition coefficient (Wildman–Crippen LogP) is 2.35. The van der Waals surface area contributed by atoms with Crippen LogP contribution in [-0.2, 0) is 9.47 Å². The molecule has 2 fully saturated rings. The molecular weight excluding hydrogens is 214 g/mol. The first-order chi connectivity index (χ1) is 8.31. The number of nitrogens with one attached hydrogen (secondary N) is 1. The van der Waals surface area contributed by atoms with Crippen LogP contribution in [0.15, 0.2) is 0 Å². The third-order valence-corrected chi connectivity index (χ3v) is 4.00. The molecule has 0 radical (unpaired) electrons. The highest BCUT2D eigenvalue weighted by molar-refractivity contribution is 4.88. The Balaban J connectivity index is 1.91. The maximum atomic E-state index is 6.06. The summed E-state index contributed by atoms with van der Waals surface area (Å²) >= 11 is 0. The average Bonchev–Trinajstić information content (AvgIpc) is 2.78. The van der Waals surface area contributed by atoms with Gasteiger partial charge in [0.1, 0.15) is 0 Å². The van der Waals surface area contributed by atoms with Gasteiger partial charge in [-0.15, -0.1) is 0 Å². The summed E-state index contributed by atoms with van der Waals surface area (Å²) in [4.78, 5) is 0. The van der Waals surface area contributed by atoms with Gasteiger partial charge in [-0.2, -0.15) is 0 Å². The highest BCUT2D eigenvalue weighted by atomic mass is 16.5. The van der Waals surface area contributed by atoms with Crippen molar-refractivity contribution in [3.05, 3.63) is 0 Å². The molecule has 0 aromatic carbocycles. The van der Waals surface area contributed by atoms with Crippen molar-refractivity contribution in [3.8, 4) is 0 Å². The molecule has 0 spiro atoms. The summed E-state index contributed by atoms with van der Waals surface area (Å²) in [7, 11) is 0. The molecule has 0 bridgehead atoms. The van der Waals surface area contributed by atoms with Crippen LogP contribution in [0.2, 0.25) is 0 Å². The van der Waals surface area contributed by atoms with Gasteiger partial charge in [-0.05, 0) is 45.6 Å². The first-order valence-electron chi connectivity index (χ1n) is 7.28. The minimum Gasteiger partial charge on any atom is -0.381 e. The van der Waals surface area contributed by atoms with Crippen molar-refractivity contribution >= 4 is 0 Å². The molecule has 3 nitrogen and oxygen atoms in total. The Kier molecular flexibility index (Phi) is 5.26. The zero-order chi connectivity index (χ0) is 12.1. The lowest BCUT2D eigenvalue weighted by Crippen LogP contribution is -2.48. The van der Waals surface area contributed by atoms with E-state index in [0.29, 0.717) is 24.2 Å². The molecule has 0 aromatic rings. The van der Waals surface area contributed by atoms with Crippen LogP contribution in [0.5, 0.6) is 0 Å². The van der Waals surface area contributed by atoms with Gasteiger partial charge in [0.05, 0.1) is 18.8 Å². The monoisotopic (exact) mass is 241 g/mol. The fourth-order valence-corrected chi connectivity index (χ4v) is 3.06. The van der Waals surface area contributed by atoms with Gasteiger partial charge in [-0.25, -0.2) is 0 Å². The van der Waals surface area contributed by atoms with Gasteiger partial charge in [-0.1, -0.05) is 6.92 Å². The van der Waals surface area contributed by atoms with Gasteiger partial charge in [0, 0.05) is 18.6 Å².